The smallest absolute Gasteiger partial charge is 0.323 e. The Bertz CT molecular complexity index is 457. The number of benzene rings is 1. The lowest BCUT2D eigenvalue weighted by molar-refractivity contribution is -0.145. The fourth-order valence-corrected chi connectivity index (χ4v) is 2.01. The van der Waals surface area contributed by atoms with Crippen molar-refractivity contribution in [1.29, 1.82) is 0 Å². The third kappa shape index (κ3) is 3.79. The molecular formula is C14H18N2O3. The molecule has 0 radical (unpaired) electrons. The van der Waals surface area contributed by atoms with Crippen molar-refractivity contribution in [3.8, 4) is 0 Å². The predicted molar refractivity (Wildman–Crippen MR) is 70.3 cm³/mol. The van der Waals surface area contributed by atoms with Crippen LogP contribution < -0.4 is 5.73 Å². The third-order valence-electron chi connectivity index (χ3n) is 3.24. The number of hydrogen-bond acceptors (Lipinski definition) is 3. The Morgan fingerprint density at radius 3 is 2.47 bits per heavy atom. The normalized spacial score (nSPS) is 15.8. The first-order chi connectivity index (χ1) is 9.08. The van der Waals surface area contributed by atoms with Crippen LogP contribution in [0.3, 0.4) is 0 Å². The largest absolute Gasteiger partial charge is 0.480 e. The second-order valence-corrected chi connectivity index (χ2v) is 4.94. The monoisotopic (exact) mass is 262 g/mol. The minimum atomic E-state index is -1.01. The van der Waals surface area contributed by atoms with Gasteiger partial charge in [-0.1, -0.05) is 30.3 Å². The number of carboxylic acid groups (broad SMARTS) is 1. The maximum absolute atomic E-state index is 12.3. The molecule has 0 spiro atoms. The maximum atomic E-state index is 12.3. The van der Waals surface area contributed by atoms with Gasteiger partial charge in [0.15, 0.2) is 0 Å². The number of hydrogen-bond donors (Lipinski definition) is 2. The van der Waals surface area contributed by atoms with Gasteiger partial charge >= 0.3 is 5.97 Å². The molecule has 1 saturated carbocycles. The van der Waals surface area contributed by atoms with Crippen molar-refractivity contribution in [3.05, 3.63) is 35.9 Å². The number of carbonyl (C=O) groups excluding carboxylic acids is 1. The van der Waals surface area contributed by atoms with E-state index in [4.69, 9.17) is 10.8 Å². The summed E-state index contributed by atoms with van der Waals surface area (Å²) in [6.45, 7) is 0.210. The molecule has 0 aromatic heterocycles. The molecule has 0 bridgehead atoms. The highest BCUT2D eigenvalue weighted by Gasteiger charge is 2.30. The van der Waals surface area contributed by atoms with Crippen molar-refractivity contribution < 1.29 is 14.7 Å². The summed E-state index contributed by atoms with van der Waals surface area (Å²) < 4.78 is 0. The maximum Gasteiger partial charge on any atom is 0.323 e. The molecule has 102 valence electrons. The van der Waals surface area contributed by atoms with Crippen LogP contribution in [0, 0.1) is 5.92 Å². The molecule has 1 aliphatic rings. The molecule has 0 unspecified atom stereocenters. The van der Waals surface area contributed by atoms with Gasteiger partial charge in [-0.25, -0.2) is 0 Å². The number of amides is 1. The van der Waals surface area contributed by atoms with Crippen LogP contribution in [-0.2, 0) is 9.59 Å². The average Bonchev–Trinajstić information content (AvgIpc) is 3.21. The summed E-state index contributed by atoms with van der Waals surface area (Å²) in [5.74, 6) is -0.888. The molecular weight excluding hydrogens is 244 g/mol. The Hall–Kier alpha value is -1.88. The van der Waals surface area contributed by atoms with E-state index in [1.165, 1.54) is 4.90 Å². The van der Waals surface area contributed by atoms with Crippen molar-refractivity contribution in [2.75, 3.05) is 13.1 Å². The molecule has 1 aromatic carbocycles. The summed E-state index contributed by atoms with van der Waals surface area (Å²) >= 11 is 0. The molecule has 5 heteroatoms. The fraction of sp³-hybridized carbons (Fsp3) is 0.429. The lowest BCUT2D eigenvalue weighted by Crippen LogP contribution is -2.42. The minimum absolute atomic E-state index is 0.282. The Morgan fingerprint density at radius 2 is 1.95 bits per heavy atom. The lowest BCUT2D eigenvalue weighted by Gasteiger charge is -2.24. The Labute approximate surface area is 112 Å². The third-order valence-corrected chi connectivity index (χ3v) is 3.24. The van der Waals surface area contributed by atoms with Crippen LogP contribution in [0.1, 0.15) is 24.4 Å². The second kappa shape index (κ2) is 5.84. The van der Waals surface area contributed by atoms with Gasteiger partial charge in [0.2, 0.25) is 5.91 Å². The molecule has 5 nitrogen and oxygen atoms in total. The number of aliphatic carboxylic acids is 1. The summed E-state index contributed by atoms with van der Waals surface area (Å²) in [6, 6.07) is 8.23. The number of carbonyl (C=O) groups is 2. The van der Waals surface area contributed by atoms with Crippen molar-refractivity contribution in [2.45, 2.75) is 18.9 Å². The van der Waals surface area contributed by atoms with Crippen molar-refractivity contribution in [3.63, 3.8) is 0 Å². The molecule has 0 aliphatic heterocycles. The minimum Gasteiger partial charge on any atom is -0.480 e. The molecule has 0 saturated heterocycles. The van der Waals surface area contributed by atoms with Crippen molar-refractivity contribution in [1.82, 2.24) is 4.90 Å². The van der Waals surface area contributed by atoms with Gasteiger partial charge in [-0.3, -0.25) is 9.59 Å². The van der Waals surface area contributed by atoms with Gasteiger partial charge in [-0.05, 0) is 24.3 Å². The molecule has 2 rings (SSSR count). The zero-order valence-electron chi connectivity index (χ0n) is 10.7. The van der Waals surface area contributed by atoms with Crippen LogP contribution in [0.4, 0.5) is 0 Å². The van der Waals surface area contributed by atoms with Gasteiger partial charge in [0.1, 0.15) is 12.6 Å². The lowest BCUT2D eigenvalue weighted by atomic mass is 10.1. The zero-order valence-corrected chi connectivity index (χ0v) is 10.7. The van der Waals surface area contributed by atoms with E-state index < -0.39 is 12.0 Å². The predicted octanol–water partition coefficient (Wildman–Crippen LogP) is 1.01. The quantitative estimate of drug-likeness (QED) is 0.801. The standard InChI is InChI=1S/C14H18N2O3/c15-13(11-4-2-1-3-5-11)14(19)16(9-12(17)18)8-10-6-7-10/h1-5,10,13H,6-9,15H2,(H,17,18)/t13-/m0/s1. The van der Waals surface area contributed by atoms with E-state index in [0.29, 0.717) is 18.0 Å². The Kier molecular flexibility index (Phi) is 4.16. The Morgan fingerprint density at radius 1 is 1.32 bits per heavy atom. The van der Waals surface area contributed by atoms with E-state index in [1.54, 1.807) is 12.1 Å². The number of carboxylic acids is 1. The molecule has 3 N–H and O–H groups in total. The second-order valence-electron chi connectivity index (χ2n) is 4.94. The summed E-state index contributed by atoms with van der Waals surface area (Å²) in [5.41, 5.74) is 6.63. The van der Waals surface area contributed by atoms with Crippen LogP contribution >= 0.6 is 0 Å². The molecule has 1 fully saturated rings. The highest BCUT2D eigenvalue weighted by atomic mass is 16.4. The van der Waals surface area contributed by atoms with Gasteiger partial charge in [-0.15, -0.1) is 0 Å². The van der Waals surface area contributed by atoms with Gasteiger partial charge in [0.05, 0.1) is 0 Å². The van der Waals surface area contributed by atoms with Crippen LogP contribution in [0.5, 0.6) is 0 Å². The summed E-state index contributed by atoms with van der Waals surface area (Å²) in [4.78, 5) is 24.5. The number of rotatable bonds is 6. The molecule has 1 aromatic rings. The number of nitrogens with zero attached hydrogens (tertiary/aromatic N) is 1. The first-order valence-electron chi connectivity index (χ1n) is 6.39. The summed E-state index contributed by atoms with van der Waals surface area (Å²) in [5, 5.41) is 8.88. The first kappa shape index (κ1) is 13.5. The topological polar surface area (TPSA) is 83.6 Å². The molecule has 1 aliphatic carbocycles. The average molecular weight is 262 g/mol. The first-order valence-corrected chi connectivity index (χ1v) is 6.39. The molecule has 1 amide bonds. The van der Waals surface area contributed by atoms with Crippen molar-refractivity contribution in [2.24, 2.45) is 11.7 Å². The van der Waals surface area contributed by atoms with Crippen molar-refractivity contribution >= 4 is 11.9 Å². The summed E-state index contributed by atoms with van der Waals surface area (Å²) in [7, 11) is 0. The van der Waals surface area contributed by atoms with E-state index in [0.717, 1.165) is 12.8 Å². The highest BCUT2D eigenvalue weighted by Crippen LogP contribution is 2.30. The summed E-state index contributed by atoms with van der Waals surface area (Å²) in [6.07, 6.45) is 2.12. The van der Waals surface area contributed by atoms with Crippen LogP contribution in [-0.4, -0.2) is 35.0 Å². The molecule has 19 heavy (non-hydrogen) atoms. The van der Waals surface area contributed by atoms with Gasteiger partial charge in [0, 0.05) is 6.54 Å². The SMILES string of the molecule is N[C@H](C(=O)N(CC(=O)O)CC1CC1)c1ccccc1. The Balaban J connectivity index is 2.06. The molecule has 1 atom stereocenters. The molecule has 0 heterocycles. The van der Waals surface area contributed by atoms with E-state index in [9.17, 15) is 9.59 Å². The fourth-order valence-electron chi connectivity index (χ4n) is 2.01. The van der Waals surface area contributed by atoms with Crippen LogP contribution in [0.2, 0.25) is 0 Å². The highest BCUT2D eigenvalue weighted by molar-refractivity contribution is 5.86. The van der Waals surface area contributed by atoms with Crippen LogP contribution in [0.25, 0.3) is 0 Å². The zero-order chi connectivity index (χ0) is 13.8. The van der Waals surface area contributed by atoms with E-state index in [-0.39, 0.29) is 12.5 Å². The van der Waals surface area contributed by atoms with E-state index >= 15 is 0 Å². The number of nitrogens with two attached hydrogens (primary N) is 1. The van der Waals surface area contributed by atoms with Gasteiger partial charge in [-0.2, -0.15) is 0 Å². The van der Waals surface area contributed by atoms with E-state index in [2.05, 4.69) is 0 Å². The van der Waals surface area contributed by atoms with Crippen LogP contribution in [0.15, 0.2) is 30.3 Å². The van der Waals surface area contributed by atoms with Gasteiger partial charge in [0.25, 0.3) is 0 Å². The van der Waals surface area contributed by atoms with E-state index in [1.807, 2.05) is 18.2 Å². The van der Waals surface area contributed by atoms with Gasteiger partial charge < -0.3 is 15.7 Å².